The van der Waals surface area contributed by atoms with Gasteiger partial charge in [-0.15, -0.1) is 0 Å². The average molecular weight is 535 g/mol. The van der Waals surface area contributed by atoms with Gasteiger partial charge in [0, 0.05) is 21.3 Å². The van der Waals surface area contributed by atoms with E-state index in [4.69, 9.17) is 4.74 Å². The van der Waals surface area contributed by atoms with Crippen molar-refractivity contribution < 1.29 is 13.7 Å². The first-order valence-electron chi connectivity index (χ1n) is 9.72. The minimum Gasteiger partial charge on any atom is -0.497 e. The maximum absolute atomic E-state index is 13.1. The van der Waals surface area contributed by atoms with Gasteiger partial charge in [-0.05, 0) is 96.8 Å². The molecule has 158 valence electrons. The molecule has 1 N–H and O–H groups in total. The van der Waals surface area contributed by atoms with Gasteiger partial charge in [-0.1, -0.05) is 24.3 Å². The van der Waals surface area contributed by atoms with Gasteiger partial charge in [0.05, 0.1) is 11.9 Å². The summed E-state index contributed by atoms with van der Waals surface area (Å²) in [5.41, 5.74) is 3.70. The van der Waals surface area contributed by atoms with Crippen molar-refractivity contribution in [3.05, 3.63) is 81.1 Å². The van der Waals surface area contributed by atoms with Crippen LogP contribution in [-0.2, 0) is 15.8 Å². The lowest BCUT2D eigenvalue weighted by atomic mass is 9.78. The quantitative estimate of drug-likeness (QED) is 0.414. The number of nitrogens with one attached hydrogen (secondary N) is 1. The Labute approximate surface area is 194 Å². The smallest absolute Gasteiger partial charge is 0.184 e. The van der Waals surface area contributed by atoms with Crippen LogP contribution in [-0.4, -0.2) is 21.8 Å². The molecule has 4 nitrogen and oxygen atoms in total. The fraction of sp³-hybridized carbons (Fsp3) is 0.292. The Morgan fingerprint density at radius 3 is 2.30 bits per heavy atom. The number of ketones is 1. The molecule has 0 spiro atoms. The summed E-state index contributed by atoms with van der Waals surface area (Å²) in [7, 11) is 0.335. The zero-order chi connectivity index (χ0) is 21.9. The number of ether oxygens (including phenoxy) is 1. The number of hydrogen-bond donors (Lipinski definition) is 1. The van der Waals surface area contributed by atoms with E-state index in [1.165, 1.54) is 0 Å². The second-order valence-corrected chi connectivity index (χ2v) is 11.4. The third kappa shape index (κ3) is 5.40. The van der Waals surface area contributed by atoms with Gasteiger partial charge < -0.3 is 9.46 Å². The largest absolute Gasteiger partial charge is 0.497 e. The van der Waals surface area contributed by atoms with Crippen molar-refractivity contribution >= 4 is 44.9 Å². The minimum absolute atomic E-state index is 0.0611. The van der Waals surface area contributed by atoms with Crippen LogP contribution < -0.4 is 9.46 Å². The SMILES string of the molecule is COc1ccc([C@H]2CC(c3ccc(I)cc3)=CC(=O)/C2=C/NS(=O)C(C)(C)C)cc1. The van der Waals surface area contributed by atoms with Gasteiger partial charge in [0.15, 0.2) is 5.78 Å². The van der Waals surface area contributed by atoms with Crippen LogP contribution in [0.2, 0.25) is 0 Å². The van der Waals surface area contributed by atoms with Crippen molar-refractivity contribution in [1.29, 1.82) is 0 Å². The van der Waals surface area contributed by atoms with E-state index in [-0.39, 0.29) is 11.7 Å². The third-order valence-corrected chi connectivity index (χ3v) is 7.16. The fourth-order valence-electron chi connectivity index (χ4n) is 3.27. The molecule has 0 saturated heterocycles. The first-order chi connectivity index (χ1) is 14.2. The summed E-state index contributed by atoms with van der Waals surface area (Å²) >= 11 is 2.27. The van der Waals surface area contributed by atoms with Gasteiger partial charge in [0.2, 0.25) is 0 Å². The number of benzene rings is 2. The number of hydrogen-bond acceptors (Lipinski definition) is 3. The maximum atomic E-state index is 13.1. The van der Waals surface area contributed by atoms with Crippen molar-refractivity contribution in [3.63, 3.8) is 0 Å². The van der Waals surface area contributed by atoms with Crippen LogP contribution in [0.3, 0.4) is 0 Å². The van der Waals surface area contributed by atoms with Crippen molar-refractivity contribution in [3.8, 4) is 5.75 Å². The van der Waals surface area contributed by atoms with E-state index in [1.54, 1.807) is 19.4 Å². The molecule has 6 heteroatoms. The molecule has 0 aliphatic heterocycles. The molecule has 2 aromatic rings. The second-order valence-electron chi connectivity index (χ2n) is 8.17. The molecule has 1 aliphatic carbocycles. The van der Waals surface area contributed by atoms with Gasteiger partial charge >= 0.3 is 0 Å². The highest BCUT2D eigenvalue weighted by Gasteiger charge is 2.29. The Kier molecular flexibility index (Phi) is 7.18. The lowest BCUT2D eigenvalue weighted by Crippen LogP contribution is -2.31. The zero-order valence-electron chi connectivity index (χ0n) is 17.6. The number of carbonyl (C=O) groups is 1. The number of halogens is 1. The Morgan fingerprint density at radius 1 is 1.10 bits per heavy atom. The lowest BCUT2D eigenvalue weighted by molar-refractivity contribution is -0.111. The molecule has 30 heavy (non-hydrogen) atoms. The summed E-state index contributed by atoms with van der Waals surface area (Å²) in [5, 5.41) is 0. The standard InChI is InChI=1S/C24H26INO3S/c1-24(2,3)30(28)26-15-22-21(17-7-11-20(29-4)12-8-17)13-18(14-23(22)27)16-5-9-19(25)10-6-16/h5-12,14-15,21,26H,13H2,1-4H3/b22-15+/t21-,30?/m1/s1. The van der Waals surface area contributed by atoms with E-state index < -0.39 is 15.7 Å². The van der Waals surface area contributed by atoms with Gasteiger partial charge in [0.1, 0.15) is 16.7 Å². The van der Waals surface area contributed by atoms with Crippen LogP contribution in [0.25, 0.3) is 5.57 Å². The molecule has 0 saturated carbocycles. The molecule has 0 amide bonds. The molecule has 0 heterocycles. The van der Waals surface area contributed by atoms with Crippen LogP contribution in [0.5, 0.6) is 5.75 Å². The molecule has 0 bridgehead atoms. The highest BCUT2D eigenvalue weighted by atomic mass is 127. The lowest BCUT2D eigenvalue weighted by Gasteiger charge is -2.26. The monoisotopic (exact) mass is 535 g/mol. The van der Waals surface area contributed by atoms with E-state index in [2.05, 4.69) is 27.3 Å². The summed E-state index contributed by atoms with van der Waals surface area (Å²) in [4.78, 5) is 13.1. The summed E-state index contributed by atoms with van der Waals surface area (Å²) in [6.45, 7) is 5.69. The summed E-state index contributed by atoms with van der Waals surface area (Å²) in [5.74, 6) is 0.577. The Balaban J connectivity index is 2.00. The minimum atomic E-state index is -1.30. The normalized spacial score (nSPS) is 19.4. The van der Waals surface area contributed by atoms with Crippen LogP contribution in [0.1, 0.15) is 44.2 Å². The van der Waals surface area contributed by atoms with E-state index >= 15 is 0 Å². The van der Waals surface area contributed by atoms with Crippen molar-refractivity contribution in [1.82, 2.24) is 4.72 Å². The molecule has 0 fully saturated rings. The predicted molar refractivity (Wildman–Crippen MR) is 132 cm³/mol. The molecule has 2 aromatic carbocycles. The first kappa shape index (κ1) is 22.7. The number of allylic oxidation sites excluding steroid dienone is 3. The van der Waals surface area contributed by atoms with Crippen LogP contribution >= 0.6 is 22.6 Å². The van der Waals surface area contributed by atoms with Crippen molar-refractivity contribution in [2.45, 2.75) is 37.9 Å². The Hall–Kier alpha value is -1.93. The molecule has 0 radical (unpaired) electrons. The molecule has 0 aromatic heterocycles. The van der Waals surface area contributed by atoms with Crippen molar-refractivity contribution in [2.24, 2.45) is 0 Å². The zero-order valence-corrected chi connectivity index (χ0v) is 20.5. The second kappa shape index (κ2) is 9.47. The van der Waals surface area contributed by atoms with Crippen molar-refractivity contribution in [2.75, 3.05) is 7.11 Å². The number of rotatable bonds is 5. The highest BCUT2D eigenvalue weighted by Crippen LogP contribution is 2.39. The predicted octanol–water partition coefficient (Wildman–Crippen LogP) is 5.38. The fourth-order valence-corrected chi connectivity index (χ4v) is 4.21. The third-order valence-electron chi connectivity index (χ3n) is 5.00. The van der Waals surface area contributed by atoms with E-state index in [9.17, 15) is 9.00 Å². The Morgan fingerprint density at radius 2 is 1.73 bits per heavy atom. The highest BCUT2D eigenvalue weighted by molar-refractivity contribution is 14.1. The van der Waals surface area contributed by atoms with Gasteiger partial charge in [0.25, 0.3) is 0 Å². The van der Waals surface area contributed by atoms with Crippen LogP contribution in [0.4, 0.5) is 0 Å². The molecular weight excluding hydrogens is 509 g/mol. The topological polar surface area (TPSA) is 55.4 Å². The average Bonchev–Trinajstić information content (AvgIpc) is 2.72. The summed E-state index contributed by atoms with van der Waals surface area (Å²) in [6.07, 6.45) is 4.03. The number of carbonyl (C=O) groups excluding carboxylic acids is 1. The van der Waals surface area contributed by atoms with E-state index in [0.717, 1.165) is 26.0 Å². The summed E-state index contributed by atoms with van der Waals surface area (Å²) in [6, 6.07) is 16.0. The van der Waals surface area contributed by atoms with Gasteiger partial charge in [-0.2, -0.15) is 0 Å². The molecular formula is C24H26INO3S. The first-order valence-corrected chi connectivity index (χ1v) is 11.9. The molecule has 1 unspecified atom stereocenters. The number of methoxy groups -OCH3 is 1. The molecule has 3 rings (SSSR count). The maximum Gasteiger partial charge on any atom is 0.184 e. The van der Waals surface area contributed by atoms with Gasteiger partial charge in [-0.25, -0.2) is 4.21 Å². The van der Waals surface area contributed by atoms with Crippen LogP contribution in [0.15, 0.2) is 66.4 Å². The Bertz CT molecular complexity index is 1000. The summed E-state index contributed by atoms with van der Waals surface area (Å²) < 4.78 is 21.4. The molecule has 2 atom stereocenters. The van der Waals surface area contributed by atoms with E-state index in [0.29, 0.717) is 12.0 Å². The van der Waals surface area contributed by atoms with Gasteiger partial charge in [-0.3, -0.25) is 4.79 Å². The van der Waals surface area contributed by atoms with Crippen LogP contribution in [0, 0.1) is 3.57 Å². The van der Waals surface area contributed by atoms with E-state index in [1.807, 2.05) is 69.3 Å². The molecule has 1 aliphatic rings.